The summed E-state index contributed by atoms with van der Waals surface area (Å²) in [6.45, 7) is -3.41. The van der Waals surface area contributed by atoms with Gasteiger partial charge < -0.3 is 158 Å². The van der Waals surface area contributed by atoms with Crippen molar-refractivity contribution in [3.63, 3.8) is 0 Å². The SMILES string of the molecule is CC(=O)NC1C(O)C(O)[C@@H](CNC(=O)[C@@H]2O[C@H](CNC(=O)[C@@H]3O[C@H](CNC(=O)[C@@H]4O[C@H](CN)C(O)C(O)C4O)C(O)C(O)C3O)C(O)C(O)C2O)O[C@H]1C(=O)NC[C@H]1O[C@@H](C(=O)NC[C@H]2O[C@@H](C(=O)O)C(O)C(O)C2O)C(O)C(O)C1O. The van der Waals surface area contributed by atoms with Gasteiger partial charge in [-0.2, -0.15) is 0 Å². The Labute approximate surface area is 461 Å². The zero-order valence-electron chi connectivity index (χ0n) is 43.0. The zero-order valence-corrected chi connectivity index (χ0v) is 43.0. The normalized spacial score (nSPS) is 45.2. The van der Waals surface area contributed by atoms with E-state index in [0.29, 0.717) is 0 Å². The molecule has 468 valence electrons. The summed E-state index contributed by atoms with van der Waals surface area (Å²) in [6, 6.07) is -1.76. The fourth-order valence-corrected chi connectivity index (χ4v) is 9.96. The van der Waals surface area contributed by atoms with Crippen molar-refractivity contribution in [1.82, 2.24) is 31.9 Å². The Morgan fingerprint density at radius 1 is 0.317 bits per heavy atom. The van der Waals surface area contributed by atoms with Gasteiger partial charge in [-0.1, -0.05) is 0 Å². The number of aliphatic carboxylic acids is 1. The van der Waals surface area contributed by atoms with Crippen LogP contribution in [0.1, 0.15) is 6.92 Å². The van der Waals surface area contributed by atoms with E-state index in [4.69, 9.17) is 34.2 Å². The van der Waals surface area contributed by atoms with Crippen LogP contribution in [-0.4, -0.2) is 356 Å². The summed E-state index contributed by atoms with van der Waals surface area (Å²) in [6.07, 6.45) is -56.5. The quantitative estimate of drug-likeness (QED) is 0.0606. The molecular formula is C44H71N7O31. The molecular weight excluding hydrogens is 1120 g/mol. The summed E-state index contributed by atoms with van der Waals surface area (Å²) < 4.78 is 32.6. The smallest absolute Gasteiger partial charge is 0.335 e. The molecule has 0 bridgehead atoms. The van der Waals surface area contributed by atoms with Gasteiger partial charge in [0.05, 0.1) is 12.1 Å². The summed E-state index contributed by atoms with van der Waals surface area (Å²) in [7, 11) is 0. The number of nitrogens with one attached hydrogen (secondary N) is 6. The highest BCUT2D eigenvalue weighted by atomic mass is 16.6. The first-order chi connectivity index (χ1) is 38.4. The predicted octanol–water partition coefficient (Wildman–Crippen LogP) is -18.1. The van der Waals surface area contributed by atoms with E-state index in [0.717, 1.165) is 6.92 Å². The average molecular weight is 1190 g/mol. The maximum atomic E-state index is 13.8. The van der Waals surface area contributed by atoms with Gasteiger partial charge in [-0.05, 0) is 0 Å². The first-order valence-corrected chi connectivity index (χ1v) is 25.5. The summed E-state index contributed by atoms with van der Waals surface area (Å²) in [5.74, 6) is -8.76. The molecule has 30 atom stereocenters. The van der Waals surface area contributed by atoms with Crippen LogP contribution in [0.3, 0.4) is 0 Å². The van der Waals surface area contributed by atoms with Gasteiger partial charge in [0, 0.05) is 46.2 Å². The third-order valence-corrected chi connectivity index (χ3v) is 14.8. The zero-order chi connectivity index (χ0) is 61.1. The average Bonchev–Trinajstić information content (AvgIpc) is 3.63. The van der Waals surface area contributed by atoms with Crippen LogP contribution < -0.4 is 37.6 Å². The van der Waals surface area contributed by atoms with Gasteiger partial charge in [-0.3, -0.25) is 28.8 Å². The molecule has 82 heavy (non-hydrogen) atoms. The molecule has 6 fully saturated rings. The Kier molecular flexibility index (Phi) is 22.7. The second kappa shape index (κ2) is 28.0. The number of carbonyl (C=O) groups excluding carboxylic acids is 6. The molecule has 6 aliphatic rings. The molecule has 0 aliphatic carbocycles. The number of aliphatic hydroxyl groups excluding tert-OH is 17. The predicted molar refractivity (Wildman–Crippen MR) is 253 cm³/mol. The van der Waals surface area contributed by atoms with Crippen molar-refractivity contribution in [3.8, 4) is 0 Å². The molecule has 6 aliphatic heterocycles. The van der Waals surface area contributed by atoms with Crippen molar-refractivity contribution < 1.29 is 154 Å². The minimum atomic E-state index is -2.21. The number of ether oxygens (including phenoxy) is 6. The number of aliphatic hydroxyl groups is 17. The van der Waals surface area contributed by atoms with E-state index in [-0.39, 0.29) is 6.54 Å². The van der Waals surface area contributed by atoms with Gasteiger partial charge in [0.2, 0.25) is 5.91 Å². The second-order valence-corrected chi connectivity index (χ2v) is 20.4. The number of hydrogen-bond acceptors (Lipinski definition) is 31. The van der Waals surface area contributed by atoms with Crippen molar-refractivity contribution >= 4 is 41.4 Å². The summed E-state index contributed by atoms with van der Waals surface area (Å²) in [4.78, 5) is 90.4. The second-order valence-electron chi connectivity index (χ2n) is 20.4. The van der Waals surface area contributed by atoms with E-state index < -0.39 is 257 Å². The van der Waals surface area contributed by atoms with Gasteiger partial charge in [0.25, 0.3) is 29.5 Å². The first kappa shape index (κ1) is 66.5. The first-order valence-electron chi connectivity index (χ1n) is 25.5. The molecule has 0 aromatic rings. The summed E-state index contributed by atoms with van der Waals surface area (Å²) in [5, 5.41) is 202. The lowest BCUT2D eigenvalue weighted by Crippen LogP contribution is -2.69. The molecule has 0 aromatic heterocycles. The molecule has 38 nitrogen and oxygen atoms in total. The van der Waals surface area contributed by atoms with Crippen molar-refractivity contribution in [3.05, 3.63) is 0 Å². The van der Waals surface area contributed by atoms with E-state index in [1.54, 1.807) is 0 Å². The number of carbonyl (C=O) groups is 7. The third kappa shape index (κ3) is 14.3. The number of amides is 6. The van der Waals surface area contributed by atoms with Gasteiger partial charge in [0.1, 0.15) is 134 Å². The Balaban J connectivity index is 1.04. The Morgan fingerprint density at radius 2 is 0.537 bits per heavy atom. The molecule has 38 heteroatoms. The molecule has 6 saturated heterocycles. The van der Waals surface area contributed by atoms with Crippen molar-refractivity contribution in [2.75, 3.05) is 39.3 Å². The lowest BCUT2D eigenvalue weighted by atomic mass is 9.91. The van der Waals surface area contributed by atoms with Crippen LogP contribution in [0, 0.1) is 0 Å². The molecule has 0 radical (unpaired) electrons. The highest BCUT2D eigenvalue weighted by Crippen LogP contribution is 2.28. The van der Waals surface area contributed by atoms with Gasteiger partial charge in [-0.25, -0.2) is 4.79 Å². The largest absolute Gasteiger partial charge is 0.479 e. The fourth-order valence-electron chi connectivity index (χ4n) is 9.96. The van der Waals surface area contributed by atoms with Gasteiger partial charge in [-0.15, -0.1) is 0 Å². The lowest BCUT2D eigenvalue weighted by Gasteiger charge is -2.43. The number of hydrogen-bond donors (Lipinski definition) is 25. The van der Waals surface area contributed by atoms with Gasteiger partial charge >= 0.3 is 5.97 Å². The van der Waals surface area contributed by atoms with Gasteiger partial charge in [0.15, 0.2) is 36.6 Å². The topological polar surface area (TPSA) is 637 Å². The van der Waals surface area contributed by atoms with E-state index in [2.05, 4.69) is 31.9 Å². The molecule has 6 amide bonds. The maximum Gasteiger partial charge on any atom is 0.335 e. The van der Waals surface area contributed by atoms with Crippen LogP contribution >= 0.6 is 0 Å². The standard InChI is InChI=1S/C44H71N7O31/c1-8(52)51-15-22(59)17(54)10(78-33(15)39(70)46-4-11-18(55)24(61)29(66)37(79-11)43(74)50-7-14-21(58)27(64)32(69)38(82-14)44(75)76)3-47-41(72)35-30(67)26(63)20(57)13(81-35)6-49-42(73)36-31(68)25(62)19(56)12(80-36)5-48-40(71)34-28(65)23(60)16(53)9(2-45)77-34/h9-38,53-69H,2-7,45H2,1H3,(H,46,70)(H,47,72)(H,48,71)(H,49,73)(H,50,74)(H,51,52)(H,75,76)/t9-,10-,11-,12-,13-,14-,15?,16?,17?,18?,19?,20?,21?,22?,23?,24?,25?,26?,27?,28?,29?,30?,31?,32?,33-,34-,35-,36-,37-,38-/m1/s1. The minimum absolute atomic E-state index is 0.370. The molecule has 18 unspecified atom stereocenters. The van der Waals surface area contributed by atoms with Crippen LogP contribution in [0.15, 0.2) is 0 Å². The number of carboxylic acid groups (broad SMARTS) is 1. The molecule has 0 spiro atoms. The Morgan fingerprint density at radius 3 is 0.805 bits per heavy atom. The van der Waals surface area contributed by atoms with Crippen LogP contribution in [0.2, 0.25) is 0 Å². The highest BCUT2D eigenvalue weighted by Gasteiger charge is 2.54. The lowest BCUT2D eigenvalue weighted by molar-refractivity contribution is -0.228. The van der Waals surface area contributed by atoms with Crippen LogP contribution in [0.5, 0.6) is 0 Å². The molecule has 6 rings (SSSR count). The molecule has 26 N–H and O–H groups in total. The number of rotatable bonds is 18. The molecule has 6 heterocycles. The van der Waals surface area contributed by atoms with E-state index in [1.807, 2.05) is 0 Å². The monoisotopic (exact) mass is 1190 g/mol. The van der Waals surface area contributed by atoms with Crippen molar-refractivity contribution in [2.45, 2.75) is 190 Å². The van der Waals surface area contributed by atoms with Crippen LogP contribution in [-0.2, 0) is 62.0 Å². The van der Waals surface area contributed by atoms with Crippen LogP contribution in [0.25, 0.3) is 0 Å². The Bertz CT molecular complexity index is 2250. The number of nitrogens with two attached hydrogens (primary N) is 1. The van der Waals surface area contributed by atoms with Crippen LogP contribution in [0.4, 0.5) is 0 Å². The van der Waals surface area contributed by atoms with Crippen molar-refractivity contribution in [1.29, 1.82) is 0 Å². The van der Waals surface area contributed by atoms with E-state index in [9.17, 15) is 125 Å². The maximum absolute atomic E-state index is 13.8. The van der Waals surface area contributed by atoms with E-state index >= 15 is 0 Å². The van der Waals surface area contributed by atoms with Crippen molar-refractivity contribution in [2.24, 2.45) is 5.73 Å². The molecule has 0 saturated carbocycles. The highest BCUT2D eigenvalue weighted by molar-refractivity contribution is 5.85. The minimum Gasteiger partial charge on any atom is -0.479 e. The number of carboxylic acids is 1. The third-order valence-electron chi connectivity index (χ3n) is 14.8. The Hall–Kier alpha value is -4.67. The fraction of sp³-hybridized carbons (Fsp3) is 0.841. The van der Waals surface area contributed by atoms with E-state index in [1.165, 1.54) is 0 Å². The summed E-state index contributed by atoms with van der Waals surface area (Å²) in [5.41, 5.74) is 5.50. The molecule has 0 aromatic carbocycles. The summed E-state index contributed by atoms with van der Waals surface area (Å²) >= 11 is 0.